The van der Waals surface area contributed by atoms with Gasteiger partial charge in [-0.2, -0.15) is 0 Å². The lowest BCUT2D eigenvalue weighted by Crippen LogP contribution is -2.39. The van der Waals surface area contributed by atoms with Crippen LogP contribution in [0.25, 0.3) is 0 Å². The summed E-state index contributed by atoms with van der Waals surface area (Å²) < 4.78 is 18.9. The molecule has 0 aliphatic heterocycles. The minimum absolute atomic E-state index is 0.259. The maximum atomic E-state index is 13.3. The third-order valence-electron chi connectivity index (χ3n) is 2.72. The molecule has 1 rings (SSSR count). The van der Waals surface area contributed by atoms with Crippen LogP contribution in [-0.2, 0) is 0 Å². The van der Waals surface area contributed by atoms with Crippen LogP contribution in [0.5, 0.6) is 5.75 Å². The van der Waals surface area contributed by atoms with Crippen LogP contribution in [-0.4, -0.2) is 19.2 Å². The summed E-state index contributed by atoms with van der Waals surface area (Å²) in [6, 6.07) is 6.78. The normalized spacial score (nSPS) is 12.8. The minimum Gasteiger partial charge on any atom is -0.489 e. The Labute approximate surface area is 103 Å². The number of nitrogens with one attached hydrogen (secondary N) is 1. The lowest BCUT2D eigenvalue weighted by atomic mass is 10.1. The Morgan fingerprint density at radius 2 is 2.00 bits per heavy atom. The zero-order valence-electron chi connectivity index (χ0n) is 10.9. The third kappa shape index (κ3) is 4.73. The Bertz CT molecular complexity index is 328. The van der Waals surface area contributed by atoms with Crippen molar-refractivity contribution in [3.63, 3.8) is 0 Å². The molecule has 0 heterocycles. The zero-order valence-corrected chi connectivity index (χ0v) is 10.9. The summed E-state index contributed by atoms with van der Waals surface area (Å²) in [6.45, 7) is 7.86. The van der Waals surface area contributed by atoms with Crippen molar-refractivity contribution in [2.45, 2.75) is 33.2 Å². The van der Waals surface area contributed by atoms with E-state index >= 15 is 0 Å². The fourth-order valence-corrected chi connectivity index (χ4v) is 1.56. The molecule has 0 aromatic heterocycles. The monoisotopic (exact) mass is 239 g/mol. The summed E-state index contributed by atoms with van der Waals surface area (Å²) >= 11 is 0. The summed E-state index contributed by atoms with van der Waals surface area (Å²) in [5, 5.41) is 3.41. The van der Waals surface area contributed by atoms with E-state index in [2.05, 4.69) is 26.1 Å². The fourth-order valence-electron chi connectivity index (χ4n) is 1.56. The second-order valence-corrected chi connectivity index (χ2v) is 4.55. The number of hydrogen-bond acceptors (Lipinski definition) is 2. The maximum Gasteiger partial charge on any atom is 0.165 e. The smallest absolute Gasteiger partial charge is 0.165 e. The van der Waals surface area contributed by atoms with Gasteiger partial charge < -0.3 is 10.1 Å². The lowest BCUT2D eigenvalue weighted by molar-refractivity contribution is 0.223. The van der Waals surface area contributed by atoms with E-state index in [4.69, 9.17) is 4.74 Å². The lowest BCUT2D eigenvalue weighted by Gasteiger charge is -2.22. The van der Waals surface area contributed by atoms with Crippen LogP contribution >= 0.6 is 0 Å². The first-order valence-corrected chi connectivity index (χ1v) is 6.25. The second kappa shape index (κ2) is 7.28. The van der Waals surface area contributed by atoms with Crippen molar-refractivity contribution in [3.05, 3.63) is 30.1 Å². The molecule has 0 amide bonds. The first-order valence-electron chi connectivity index (χ1n) is 6.25. The molecule has 1 N–H and O–H groups in total. The fraction of sp³-hybridized carbons (Fsp3) is 0.571. The van der Waals surface area contributed by atoms with Crippen LogP contribution in [0.3, 0.4) is 0 Å². The first-order chi connectivity index (χ1) is 8.15. The molecule has 2 nitrogen and oxygen atoms in total. The van der Waals surface area contributed by atoms with E-state index in [1.54, 1.807) is 18.2 Å². The van der Waals surface area contributed by atoms with Crippen molar-refractivity contribution in [2.75, 3.05) is 13.2 Å². The molecule has 0 bridgehead atoms. The minimum atomic E-state index is -0.300. The summed E-state index contributed by atoms with van der Waals surface area (Å²) in [4.78, 5) is 0. The van der Waals surface area contributed by atoms with E-state index < -0.39 is 0 Å². The largest absolute Gasteiger partial charge is 0.489 e. The van der Waals surface area contributed by atoms with Gasteiger partial charge in [-0.05, 0) is 31.0 Å². The number of ether oxygens (including phenoxy) is 1. The van der Waals surface area contributed by atoms with Crippen molar-refractivity contribution >= 4 is 0 Å². The topological polar surface area (TPSA) is 21.3 Å². The Morgan fingerprint density at radius 3 is 2.59 bits per heavy atom. The van der Waals surface area contributed by atoms with Crippen LogP contribution in [0, 0.1) is 11.7 Å². The molecule has 0 spiro atoms. The van der Waals surface area contributed by atoms with Gasteiger partial charge in [-0.25, -0.2) is 4.39 Å². The Balaban J connectivity index is 2.49. The van der Waals surface area contributed by atoms with Gasteiger partial charge in [0.05, 0.1) is 0 Å². The number of para-hydroxylation sites is 1. The highest BCUT2D eigenvalue weighted by Crippen LogP contribution is 2.16. The van der Waals surface area contributed by atoms with E-state index in [-0.39, 0.29) is 11.9 Å². The standard InChI is InChI=1S/C14H22FNO/c1-4-9-16-13(11(2)3)10-17-14-8-6-5-7-12(14)15/h5-8,11,13,16H,4,9-10H2,1-3H3. The van der Waals surface area contributed by atoms with Gasteiger partial charge in [-0.15, -0.1) is 0 Å². The van der Waals surface area contributed by atoms with Gasteiger partial charge >= 0.3 is 0 Å². The van der Waals surface area contributed by atoms with Crippen molar-refractivity contribution in [2.24, 2.45) is 5.92 Å². The average molecular weight is 239 g/mol. The summed E-state index contributed by atoms with van der Waals surface area (Å²) in [6.07, 6.45) is 1.09. The predicted molar refractivity (Wildman–Crippen MR) is 68.8 cm³/mol. The van der Waals surface area contributed by atoms with E-state index in [1.165, 1.54) is 6.07 Å². The van der Waals surface area contributed by atoms with Crippen molar-refractivity contribution in [1.82, 2.24) is 5.32 Å². The highest BCUT2D eigenvalue weighted by atomic mass is 19.1. The average Bonchev–Trinajstić information content (AvgIpc) is 2.31. The van der Waals surface area contributed by atoms with E-state index in [0.717, 1.165) is 13.0 Å². The molecule has 0 radical (unpaired) electrons. The quantitative estimate of drug-likeness (QED) is 0.788. The Hall–Kier alpha value is -1.09. The SMILES string of the molecule is CCCNC(COc1ccccc1F)C(C)C. The van der Waals surface area contributed by atoms with Crippen molar-refractivity contribution < 1.29 is 9.13 Å². The molecule has 96 valence electrons. The van der Waals surface area contributed by atoms with Gasteiger partial charge in [-0.3, -0.25) is 0 Å². The van der Waals surface area contributed by atoms with Gasteiger partial charge in [0.25, 0.3) is 0 Å². The number of benzene rings is 1. The zero-order chi connectivity index (χ0) is 12.7. The van der Waals surface area contributed by atoms with Crippen molar-refractivity contribution in [3.8, 4) is 5.75 Å². The third-order valence-corrected chi connectivity index (χ3v) is 2.72. The highest BCUT2D eigenvalue weighted by Gasteiger charge is 2.13. The van der Waals surface area contributed by atoms with Crippen LogP contribution in [0.15, 0.2) is 24.3 Å². The highest BCUT2D eigenvalue weighted by molar-refractivity contribution is 5.23. The van der Waals surface area contributed by atoms with Gasteiger partial charge in [0.15, 0.2) is 11.6 Å². The molecular weight excluding hydrogens is 217 g/mol. The van der Waals surface area contributed by atoms with Crippen LogP contribution < -0.4 is 10.1 Å². The maximum absolute atomic E-state index is 13.3. The van der Waals surface area contributed by atoms with E-state index in [9.17, 15) is 4.39 Å². The first kappa shape index (κ1) is 14.0. The molecule has 17 heavy (non-hydrogen) atoms. The number of halogens is 1. The van der Waals surface area contributed by atoms with Crippen LogP contribution in [0.4, 0.5) is 4.39 Å². The summed E-state index contributed by atoms with van der Waals surface area (Å²) in [5.41, 5.74) is 0. The van der Waals surface area contributed by atoms with Gasteiger partial charge in [0, 0.05) is 6.04 Å². The number of rotatable bonds is 7. The Morgan fingerprint density at radius 1 is 1.29 bits per heavy atom. The van der Waals surface area contributed by atoms with Crippen LogP contribution in [0.2, 0.25) is 0 Å². The van der Waals surface area contributed by atoms with Gasteiger partial charge in [0.2, 0.25) is 0 Å². The molecule has 3 heteroatoms. The second-order valence-electron chi connectivity index (χ2n) is 4.55. The Kier molecular flexibility index (Phi) is 5.98. The van der Waals surface area contributed by atoms with E-state index in [1.807, 2.05) is 0 Å². The van der Waals surface area contributed by atoms with Crippen molar-refractivity contribution in [1.29, 1.82) is 0 Å². The number of hydrogen-bond donors (Lipinski definition) is 1. The molecule has 0 saturated carbocycles. The molecule has 0 fully saturated rings. The van der Waals surface area contributed by atoms with Crippen LogP contribution in [0.1, 0.15) is 27.2 Å². The van der Waals surface area contributed by atoms with Gasteiger partial charge in [0.1, 0.15) is 6.61 Å². The van der Waals surface area contributed by atoms with E-state index in [0.29, 0.717) is 18.3 Å². The molecule has 0 aliphatic carbocycles. The molecule has 0 saturated heterocycles. The molecule has 1 unspecified atom stereocenters. The molecule has 1 aromatic rings. The predicted octanol–water partition coefficient (Wildman–Crippen LogP) is 3.23. The molecule has 1 aromatic carbocycles. The molecular formula is C14H22FNO. The molecule has 1 atom stereocenters. The molecule has 0 aliphatic rings. The summed E-state index contributed by atoms with van der Waals surface area (Å²) in [5.74, 6) is 0.496. The summed E-state index contributed by atoms with van der Waals surface area (Å²) in [7, 11) is 0. The van der Waals surface area contributed by atoms with Gasteiger partial charge in [-0.1, -0.05) is 32.9 Å².